The van der Waals surface area contributed by atoms with Crippen molar-refractivity contribution < 1.29 is 19.5 Å². The Bertz CT molecular complexity index is 725. The van der Waals surface area contributed by atoms with Crippen molar-refractivity contribution in [1.82, 2.24) is 4.90 Å². The van der Waals surface area contributed by atoms with Crippen LogP contribution in [0.5, 0.6) is 0 Å². The summed E-state index contributed by atoms with van der Waals surface area (Å²) in [7, 11) is 0. The van der Waals surface area contributed by atoms with Gasteiger partial charge in [0.15, 0.2) is 0 Å². The van der Waals surface area contributed by atoms with Crippen LogP contribution in [0.25, 0.3) is 0 Å². The molecule has 1 aliphatic heterocycles. The molecule has 1 saturated carbocycles. The van der Waals surface area contributed by atoms with Crippen molar-refractivity contribution >= 4 is 29.2 Å². The van der Waals surface area contributed by atoms with Gasteiger partial charge in [-0.25, -0.2) is 0 Å². The normalized spacial score (nSPS) is 18.3. The predicted octanol–water partition coefficient (Wildman–Crippen LogP) is 2.08. The van der Waals surface area contributed by atoms with Gasteiger partial charge in [-0.05, 0) is 38.8 Å². The molecule has 0 aromatic heterocycles. The van der Waals surface area contributed by atoms with Crippen molar-refractivity contribution in [3.05, 3.63) is 24.3 Å². The van der Waals surface area contributed by atoms with Crippen LogP contribution in [0.4, 0.5) is 11.4 Å². The number of nitrogens with one attached hydrogen (secondary N) is 1. The van der Waals surface area contributed by atoms with Crippen LogP contribution in [-0.2, 0) is 14.4 Å². The van der Waals surface area contributed by atoms with Crippen molar-refractivity contribution in [3.63, 3.8) is 0 Å². The standard InChI is InChI=1S/C19H25N3O4/c1-13(2)21(12-17(24)25)11-16(23)22-15-8-4-3-7-14(15)20-18(26)19(22)9-5-6-10-19/h3-4,7-8,13H,5-6,9-12H2,1-2H3,(H,20,26)(H,24,25). The van der Waals surface area contributed by atoms with E-state index >= 15 is 0 Å². The lowest BCUT2D eigenvalue weighted by Gasteiger charge is -2.45. The van der Waals surface area contributed by atoms with Crippen LogP contribution in [0.2, 0.25) is 0 Å². The molecule has 0 bridgehead atoms. The molecule has 0 radical (unpaired) electrons. The predicted molar refractivity (Wildman–Crippen MR) is 98.1 cm³/mol. The highest BCUT2D eigenvalue weighted by Gasteiger charge is 2.52. The molecule has 1 aliphatic carbocycles. The van der Waals surface area contributed by atoms with Crippen LogP contribution in [0.3, 0.4) is 0 Å². The number of nitrogens with zero attached hydrogens (tertiary/aromatic N) is 2. The molecule has 0 atom stereocenters. The maximum atomic E-state index is 13.3. The Balaban J connectivity index is 1.97. The van der Waals surface area contributed by atoms with Crippen LogP contribution in [0.15, 0.2) is 24.3 Å². The topological polar surface area (TPSA) is 90.0 Å². The van der Waals surface area contributed by atoms with Gasteiger partial charge < -0.3 is 10.4 Å². The Kier molecular flexibility index (Phi) is 5.00. The van der Waals surface area contributed by atoms with Gasteiger partial charge in [0.25, 0.3) is 5.91 Å². The number of carboxylic acids is 1. The molecule has 2 N–H and O–H groups in total. The zero-order valence-corrected chi connectivity index (χ0v) is 15.2. The van der Waals surface area contributed by atoms with E-state index in [1.807, 2.05) is 32.0 Å². The van der Waals surface area contributed by atoms with Crippen molar-refractivity contribution in [3.8, 4) is 0 Å². The Morgan fingerprint density at radius 2 is 1.88 bits per heavy atom. The number of benzene rings is 1. The average Bonchev–Trinajstić information content (AvgIpc) is 3.05. The lowest BCUT2D eigenvalue weighted by atomic mass is 9.89. The highest BCUT2D eigenvalue weighted by molar-refractivity contribution is 6.15. The molecule has 140 valence electrons. The number of hydrogen-bond acceptors (Lipinski definition) is 4. The minimum absolute atomic E-state index is 0.0344. The molecule has 3 rings (SSSR count). The fourth-order valence-corrected chi connectivity index (χ4v) is 3.97. The SMILES string of the molecule is CC(C)N(CC(=O)O)CC(=O)N1c2ccccc2NC(=O)C12CCCC2. The second-order valence-corrected chi connectivity index (χ2v) is 7.33. The Hall–Kier alpha value is -2.41. The Morgan fingerprint density at radius 1 is 1.23 bits per heavy atom. The first-order valence-electron chi connectivity index (χ1n) is 9.04. The number of carbonyl (C=O) groups excluding carboxylic acids is 2. The first kappa shape index (κ1) is 18.4. The molecule has 1 fully saturated rings. The van der Waals surface area contributed by atoms with E-state index in [1.54, 1.807) is 15.9 Å². The molecule has 2 amide bonds. The second kappa shape index (κ2) is 7.07. The van der Waals surface area contributed by atoms with Gasteiger partial charge in [-0.15, -0.1) is 0 Å². The summed E-state index contributed by atoms with van der Waals surface area (Å²) >= 11 is 0. The Morgan fingerprint density at radius 3 is 2.50 bits per heavy atom. The summed E-state index contributed by atoms with van der Waals surface area (Å²) in [4.78, 5) is 40.5. The van der Waals surface area contributed by atoms with Gasteiger partial charge in [0, 0.05) is 6.04 Å². The number of rotatable bonds is 5. The summed E-state index contributed by atoms with van der Waals surface area (Å²) in [6.45, 7) is 3.47. The third kappa shape index (κ3) is 3.19. The summed E-state index contributed by atoms with van der Waals surface area (Å²) in [5.74, 6) is -1.35. The van der Waals surface area contributed by atoms with E-state index in [2.05, 4.69) is 5.32 Å². The van der Waals surface area contributed by atoms with Gasteiger partial charge in [0.1, 0.15) is 5.54 Å². The Labute approximate surface area is 153 Å². The number of amides is 2. The van der Waals surface area contributed by atoms with Crippen LogP contribution < -0.4 is 10.2 Å². The summed E-state index contributed by atoms with van der Waals surface area (Å²) in [5.41, 5.74) is 0.452. The molecule has 0 unspecified atom stereocenters. The third-order valence-electron chi connectivity index (χ3n) is 5.33. The van der Waals surface area contributed by atoms with E-state index in [4.69, 9.17) is 5.11 Å². The lowest BCUT2D eigenvalue weighted by molar-refractivity contribution is -0.139. The average molecular weight is 359 g/mol. The molecule has 2 aliphatic rings. The highest BCUT2D eigenvalue weighted by Crippen LogP contribution is 2.45. The minimum Gasteiger partial charge on any atom is -0.480 e. The molecule has 7 nitrogen and oxygen atoms in total. The van der Waals surface area contributed by atoms with Gasteiger partial charge in [0.2, 0.25) is 5.91 Å². The fourth-order valence-electron chi connectivity index (χ4n) is 3.97. The molecule has 1 aromatic rings. The molecule has 1 aromatic carbocycles. The van der Waals surface area contributed by atoms with Crippen LogP contribution >= 0.6 is 0 Å². The largest absolute Gasteiger partial charge is 0.480 e. The number of hydrogen-bond donors (Lipinski definition) is 2. The first-order valence-corrected chi connectivity index (χ1v) is 9.04. The monoisotopic (exact) mass is 359 g/mol. The van der Waals surface area contributed by atoms with Gasteiger partial charge in [-0.1, -0.05) is 25.0 Å². The molecule has 26 heavy (non-hydrogen) atoms. The maximum Gasteiger partial charge on any atom is 0.317 e. The number of carboxylic acid groups (broad SMARTS) is 1. The minimum atomic E-state index is -0.973. The summed E-state index contributed by atoms with van der Waals surface area (Å²) in [5, 5.41) is 12.1. The van der Waals surface area contributed by atoms with Gasteiger partial charge in [-0.3, -0.25) is 24.2 Å². The molecule has 7 heteroatoms. The maximum absolute atomic E-state index is 13.3. The molecule has 1 spiro atoms. The van der Waals surface area contributed by atoms with E-state index in [0.717, 1.165) is 12.8 Å². The number of fused-ring (bicyclic) bond motifs is 1. The summed E-state index contributed by atoms with van der Waals surface area (Å²) in [6, 6.07) is 7.19. The van der Waals surface area contributed by atoms with Gasteiger partial charge >= 0.3 is 5.97 Å². The quantitative estimate of drug-likeness (QED) is 0.840. The highest BCUT2D eigenvalue weighted by atomic mass is 16.4. The zero-order chi connectivity index (χ0) is 18.9. The number of anilines is 2. The van der Waals surface area contributed by atoms with Gasteiger partial charge in [-0.2, -0.15) is 0 Å². The van der Waals surface area contributed by atoms with E-state index in [1.165, 1.54) is 0 Å². The van der Waals surface area contributed by atoms with Crippen LogP contribution in [0.1, 0.15) is 39.5 Å². The van der Waals surface area contributed by atoms with E-state index < -0.39 is 11.5 Å². The molecular formula is C19H25N3O4. The van der Waals surface area contributed by atoms with E-state index in [-0.39, 0.29) is 30.9 Å². The van der Waals surface area contributed by atoms with Crippen molar-refractivity contribution in [2.24, 2.45) is 0 Å². The summed E-state index contributed by atoms with van der Waals surface area (Å²) < 4.78 is 0. The van der Waals surface area contributed by atoms with Crippen LogP contribution in [0, 0.1) is 0 Å². The molecule has 1 heterocycles. The second-order valence-electron chi connectivity index (χ2n) is 7.33. The third-order valence-corrected chi connectivity index (χ3v) is 5.33. The lowest BCUT2D eigenvalue weighted by Crippen LogP contribution is -2.62. The number of para-hydroxylation sites is 2. The molecule has 0 saturated heterocycles. The van der Waals surface area contributed by atoms with Crippen molar-refractivity contribution in [2.75, 3.05) is 23.3 Å². The smallest absolute Gasteiger partial charge is 0.317 e. The van der Waals surface area contributed by atoms with Gasteiger partial charge in [0.05, 0.1) is 24.5 Å². The van der Waals surface area contributed by atoms with E-state index in [9.17, 15) is 14.4 Å². The summed E-state index contributed by atoms with van der Waals surface area (Å²) in [6.07, 6.45) is 3.03. The zero-order valence-electron chi connectivity index (χ0n) is 15.2. The van der Waals surface area contributed by atoms with Crippen LogP contribution in [-0.4, -0.2) is 52.5 Å². The first-order chi connectivity index (χ1) is 12.3. The number of carbonyl (C=O) groups is 3. The van der Waals surface area contributed by atoms with E-state index in [0.29, 0.717) is 24.2 Å². The molecular weight excluding hydrogens is 334 g/mol. The fraction of sp³-hybridized carbons (Fsp3) is 0.526. The number of aliphatic carboxylic acids is 1. The van der Waals surface area contributed by atoms with Crippen molar-refractivity contribution in [2.45, 2.75) is 51.1 Å². The van der Waals surface area contributed by atoms with Crippen molar-refractivity contribution in [1.29, 1.82) is 0 Å².